The number of benzene rings is 3. The Kier molecular flexibility index (Phi) is 5.95. The lowest BCUT2D eigenvalue weighted by atomic mass is 9.92. The van der Waals surface area contributed by atoms with E-state index in [1.165, 1.54) is 0 Å². The van der Waals surface area contributed by atoms with E-state index < -0.39 is 0 Å². The maximum atomic E-state index is 13.3. The third-order valence-corrected chi connectivity index (χ3v) is 5.57. The first-order chi connectivity index (χ1) is 15.3. The number of hydrogen-bond donors (Lipinski definition) is 0. The van der Waals surface area contributed by atoms with Crippen LogP contribution in [0.3, 0.4) is 0 Å². The van der Waals surface area contributed by atoms with Crippen molar-refractivity contribution in [3.05, 3.63) is 107 Å². The number of ketones is 2. The Labute approximate surface area is 188 Å². The Morgan fingerprint density at radius 2 is 0.875 bits per heavy atom. The topological polar surface area (TPSA) is 52.6 Å². The molecule has 0 aliphatic heterocycles. The summed E-state index contributed by atoms with van der Waals surface area (Å²) in [5, 5.41) is 0. The van der Waals surface area contributed by atoms with E-state index in [9.17, 15) is 9.59 Å². The largest absolute Gasteiger partial charge is 0.449 e. The van der Waals surface area contributed by atoms with E-state index in [4.69, 9.17) is 9.47 Å². The zero-order chi connectivity index (χ0) is 22.8. The molecule has 32 heavy (non-hydrogen) atoms. The summed E-state index contributed by atoms with van der Waals surface area (Å²) in [6.07, 6.45) is 0. The molecule has 4 rings (SSSR count). The fourth-order valence-corrected chi connectivity index (χ4v) is 3.59. The van der Waals surface area contributed by atoms with E-state index in [-0.39, 0.29) is 23.1 Å². The predicted octanol–water partition coefficient (Wildman–Crippen LogP) is 6.68. The lowest BCUT2D eigenvalue weighted by Gasteiger charge is -2.21. The zero-order valence-electron chi connectivity index (χ0n) is 18.7. The molecule has 0 unspecified atom stereocenters. The van der Waals surface area contributed by atoms with Crippen LogP contribution in [0.25, 0.3) is 0 Å². The molecule has 3 aromatic rings. The second-order valence-electron chi connectivity index (χ2n) is 8.51. The summed E-state index contributed by atoms with van der Waals surface area (Å²) in [6.45, 7) is 8.43. The second-order valence-corrected chi connectivity index (χ2v) is 8.51. The minimum Gasteiger partial charge on any atom is -0.449 e. The number of rotatable bonds is 6. The fourth-order valence-electron chi connectivity index (χ4n) is 3.59. The second kappa shape index (κ2) is 8.83. The molecule has 0 saturated heterocycles. The quantitative estimate of drug-likeness (QED) is 0.441. The Balaban J connectivity index is 1.74. The lowest BCUT2D eigenvalue weighted by molar-refractivity contribution is 0.0897. The molecule has 0 N–H and O–H groups in total. The van der Waals surface area contributed by atoms with Crippen molar-refractivity contribution in [3.8, 4) is 11.5 Å². The van der Waals surface area contributed by atoms with Crippen LogP contribution in [-0.4, -0.2) is 11.6 Å². The molecule has 0 saturated carbocycles. The van der Waals surface area contributed by atoms with Crippen LogP contribution >= 0.6 is 0 Å². The van der Waals surface area contributed by atoms with Crippen molar-refractivity contribution in [2.75, 3.05) is 0 Å². The van der Waals surface area contributed by atoms with Gasteiger partial charge in [-0.1, -0.05) is 76.2 Å². The standard InChI is InChI=1S/C28H26O4/c1-17(2)19-9-13-21(14-10-19)31-27-25(29)23-7-5-6-8-24(23)26(30)28(27)32-22-15-11-20(12-16-22)18(3)4/h5-18H,1-4H3. The average molecular weight is 427 g/mol. The zero-order valence-corrected chi connectivity index (χ0v) is 18.7. The number of allylic oxidation sites excluding steroid dienone is 2. The van der Waals surface area contributed by atoms with Crippen LogP contribution in [0, 0.1) is 0 Å². The van der Waals surface area contributed by atoms with Crippen molar-refractivity contribution in [1.29, 1.82) is 0 Å². The molecule has 0 radical (unpaired) electrons. The van der Waals surface area contributed by atoms with Crippen molar-refractivity contribution >= 4 is 11.6 Å². The number of ether oxygens (including phenoxy) is 2. The van der Waals surface area contributed by atoms with Gasteiger partial charge in [0.15, 0.2) is 0 Å². The van der Waals surface area contributed by atoms with Gasteiger partial charge >= 0.3 is 0 Å². The van der Waals surface area contributed by atoms with Crippen molar-refractivity contribution in [2.45, 2.75) is 39.5 Å². The van der Waals surface area contributed by atoms with Gasteiger partial charge in [0, 0.05) is 11.1 Å². The summed E-state index contributed by atoms with van der Waals surface area (Å²) in [7, 11) is 0. The summed E-state index contributed by atoms with van der Waals surface area (Å²) < 4.78 is 11.9. The molecule has 0 amide bonds. The van der Waals surface area contributed by atoms with Crippen molar-refractivity contribution in [1.82, 2.24) is 0 Å². The molecule has 3 aromatic carbocycles. The van der Waals surface area contributed by atoms with Gasteiger partial charge in [-0.3, -0.25) is 9.59 Å². The highest BCUT2D eigenvalue weighted by atomic mass is 16.5. The molecule has 1 aliphatic rings. The number of Topliss-reactive ketones (excluding diaryl/α,β-unsaturated/α-hetero) is 2. The van der Waals surface area contributed by atoms with E-state index in [0.29, 0.717) is 34.5 Å². The Morgan fingerprint density at radius 1 is 0.531 bits per heavy atom. The van der Waals surface area contributed by atoms with Gasteiger partial charge in [-0.15, -0.1) is 0 Å². The van der Waals surface area contributed by atoms with Crippen LogP contribution in [0.2, 0.25) is 0 Å². The number of hydrogen-bond acceptors (Lipinski definition) is 4. The maximum absolute atomic E-state index is 13.3. The normalized spacial score (nSPS) is 13.6. The number of carbonyl (C=O) groups is 2. The van der Waals surface area contributed by atoms with Crippen LogP contribution in [0.1, 0.15) is 71.4 Å². The first-order valence-corrected chi connectivity index (χ1v) is 10.8. The van der Waals surface area contributed by atoms with Crippen molar-refractivity contribution < 1.29 is 19.1 Å². The van der Waals surface area contributed by atoms with E-state index >= 15 is 0 Å². The van der Waals surface area contributed by atoms with Gasteiger partial charge in [-0.2, -0.15) is 0 Å². The molecule has 1 aliphatic carbocycles. The summed E-state index contributed by atoms with van der Waals surface area (Å²) in [4.78, 5) is 26.5. The van der Waals surface area contributed by atoms with Crippen LogP contribution in [0.4, 0.5) is 0 Å². The summed E-state index contributed by atoms with van der Waals surface area (Å²) in [5.74, 6) is 0.755. The fraction of sp³-hybridized carbons (Fsp3) is 0.214. The molecule has 0 bridgehead atoms. The third kappa shape index (κ3) is 4.22. The first-order valence-electron chi connectivity index (χ1n) is 10.8. The van der Waals surface area contributed by atoms with Gasteiger partial charge in [-0.05, 0) is 47.2 Å². The molecular formula is C28H26O4. The maximum Gasteiger partial charge on any atom is 0.233 e. The lowest BCUT2D eigenvalue weighted by Crippen LogP contribution is -2.27. The molecule has 0 aromatic heterocycles. The van der Waals surface area contributed by atoms with E-state index in [1.807, 2.05) is 24.3 Å². The molecule has 0 fully saturated rings. The molecule has 4 heteroatoms. The van der Waals surface area contributed by atoms with Gasteiger partial charge in [0.2, 0.25) is 23.1 Å². The highest BCUT2D eigenvalue weighted by molar-refractivity contribution is 6.25. The van der Waals surface area contributed by atoms with E-state index in [1.54, 1.807) is 48.5 Å². The smallest absolute Gasteiger partial charge is 0.233 e. The first kappa shape index (κ1) is 21.6. The Bertz CT molecular complexity index is 1090. The van der Waals surface area contributed by atoms with Gasteiger partial charge in [0.1, 0.15) is 11.5 Å². The van der Waals surface area contributed by atoms with Gasteiger partial charge in [0.25, 0.3) is 0 Å². The molecule has 4 nitrogen and oxygen atoms in total. The predicted molar refractivity (Wildman–Crippen MR) is 124 cm³/mol. The molecule has 0 atom stereocenters. The Hall–Kier alpha value is -3.66. The highest BCUT2D eigenvalue weighted by Crippen LogP contribution is 2.31. The van der Waals surface area contributed by atoms with Gasteiger partial charge in [-0.25, -0.2) is 0 Å². The monoisotopic (exact) mass is 426 g/mol. The SMILES string of the molecule is CC(C)c1ccc(OC2=C(Oc3ccc(C(C)C)cc3)C(=O)c3ccccc3C2=O)cc1. The van der Waals surface area contributed by atoms with Crippen LogP contribution in [-0.2, 0) is 0 Å². The molecule has 0 spiro atoms. The van der Waals surface area contributed by atoms with Gasteiger partial charge < -0.3 is 9.47 Å². The van der Waals surface area contributed by atoms with Crippen LogP contribution < -0.4 is 9.47 Å². The average Bonchev–Trinajstić information content (AvgIpc) is 2.80. The number of fused-ring (bicyclic) bond motifs is 1. The molecule has 162 valence electrons. The third-order valence-electron chi connectivity index (χ3n) is 5.57. The van der Waals surface area contributed by atoms with Crippen LogP contribution in [0.5, 0.6) is 11.5 Å². The minimum atomic E-state index is -0.373. The van der Waals surface area contributed by atoms with Crippen LogP contribution in [0.15, 0.2) is 84.3 Å². The van der Waals surface area contributed by atoms with Crippen molar-refractivity contribution in [3.63, 3.8) is 0 Å². The van der Waals surface area contributed by atoms with Crippen molar-refractivity contribution in [2.24, 2.45) is 0 Å². The Morgan fingerprint density at radius 3 is 1.19 bits per heavy atom. The summed E-state index contributed by atoms with van der Waals surface area (Å²) in [5.41, 5.74) is 2.94. The highest BCUT2D eigenvalue weighted by Gasteiger charge is 2.36. The van der Waals surface area contributed by atoms with E-state index in [0.717, 1.165) is 11.1 Å². The minimum absolute atomic E-state index is 0.0982. The summed E-state index contributed by atoms with van der Waals surface area (Å²) in [6, 6.07) is 21.7. The van der Waals surface area contributed by atoms with Gasteiger partial charge in [0.05, 0.1) is 0 Å². The molecule has 0 heterocycles. The molecular weight excluding hydrogens is 400 g/mol. The summed E-state index contributed by atoms with van der Waals surface area (Å²) >= 11 is 0. The van der Waals surface area contributed by atoms with E-state index in [2.05, 4.69) is 27.7 Å². The number of carbonyl (C=O) groups excluding carboxylic acids is 2.